The van der Waals surface area contributed by atoms with Gasteiger partial charge in [-0.05, 0) is 37.0 Å². The van der Waals surface area contributed by atoms with Gasteiger partial charge in [-0.15, -0.1) is 0 Å². The number of aryl methyl sites for hydroxylation is 1. The minimum absolute atomic E-state index is 0.0618. The predicted octanol–water partition coefficient (Wildman–Crippen LogP) is 3.23. The van der Waals surface area contributed by atoms with Crippen LogP contribution in [-0.2, 0) is 6.54 Å². The normalized spacial score (nSPS) is 20.7. The van der Waals surface area contributed by atoms with E-state index in [0.717, 1.165) is 16.8 Å². The smallest absolute Gasteiger partial charge is 0.371 e. The zero-order chi connectivity index (χ0) is 14.0. The minimum Gasteiger partial charge on any atom is -0.371 e. The van der Waals surface area contributed by atoms with Crippen molar-refractivity contribution in [2.45, 2.75) is 32.5 Å². The average molecular weight is 272 g/mol. The summed E-state index contributed by atoms with van der Waals surface area (Å²) in [6, 6.07) is 5.72. The van der Waals surface area contributed by atoms with Gasteiger partial charge >= 0.3 is 6.18 Å². The summed E-state index contributed by atoms with van der Waals surface area (Å²) in [5.41, 5.74) is 8.46. The summed E-state index contributed by atoms with van der Waals surface area (Å²) in [7, 11) is 0. The number of hydrogen-bond acceptors (Lipinski definition) is 2. The number of nitrogens with zero attached hydrogens (tertiary/aromatic N) is 1. The second-order valence-electron chi connectivity index (χ2n) is 5.15. The van der Waals surface area contributed by atoms with Crippen LogP contribution in [0.25, 0.3) is 0 Å². The Labute approximate surface area is 111 Å². The Hall–Kier alpha value is -1.23. The van der Waals surface area contributed by atoms with Gasteiger partial charge in [0.2, 0.25) is 0 Å². The zero-order valence-electron chi connectivity index (χ0n) is 11.0. The molecule has 1 atom stereocenters. The van der Waals surface area contributed by atoms with Crippen molar-refractivity contribution >= 4 is 5.69 Å². The summed E-state index contributed by atoms with van der Waals surface area (Å²) in [6.07, 6.45) is -3.27. The van der Waals surface area contributed by atoms with E-state index < -0.39 is 12.1 Å². The maximum atomic E-state index is 12.8. The molecule has 0 radical (unpaired) electrons. The van der Waals surface area contributed by atoms with Crippen molar-refractivity contribution < 1.29 is 13.2 Å². The molecule has 1 saturated heterocycles. The monoisotopic (exact) mass is 272 g/mol. The average Bonchev–Trinajstić information content (AvgIpc) is 2.37. The lowest BCUT2D eigenvalue weighted by atomic mass is 9.96. The van der Waals surface area contributed by atoms with Crippen LogP contribution in [0.5, 0.6) is 0 Å². The zero-order valence-corrected chi connectivity index (χ0v) is 11.0. The number of nitrogens with two attached hydrogens (primary N) is 1. The van der Waals surface area contributed by atoms with E-state index in [1.807, 2.05) is 30.0 Å². The lowest BCUT2D eigenvalue weighted by Gasteiger charge is -2.36. The molecule has 0 aromatic heterocycles. The summed E-state index contributed by atoms with van der Waals surface area (Å²) in [6.45, 7) is 3.12. The van der Waals surface area contributed by atoms with Crippen LogP contribution < -0.4 is 10.6 Å². The number of benzene rings is 1. The third-order valence-corrected chi connectivity index (χ3v) is 3.72. The first-order valence-corrected chi connectivity index (χ1v) is 6.53. The van der Waals surface area contributed by atoms with E-state index in [9.17, 15) is 13.2 Å². The third kappa shape index (κ3) is 3.21. The molecule has 0 amide bonds. The Morgan fingerprint density at radius 2 is 2.11 bits per heavy atom. The lowest BCUT2D eigenvalue weighted by Crippen LogP contribution is -2.42. The number of rotatable bonds is 2. The maximum absolute atomic E-state index is 12.8. The van der Waals surface area contributed by atoms with Crippen LogP contribution in [0, 0.1) is 12.8 Å². The van der Waals surface area contributed by atoms with Crippen LogP contribution >= 0.6 is 0 Å². The Morgan fingerprint density at radius 1 is 1.37 bits per heavy atom. The second kappa shape index (κ2) is 5.41. The van der Waals surface area contributed by atoms with Crippen LogP contribution in [0.2, 0.25) is 0 Å². The summed E-state index contributed by atoms with van der Waals surface area (Å²) in [4.78, 5) is 1.84. The summed E-state index contributed by atoms with van der Waals surface area (Å²) < 4.78 is 38.4. The summed E-state index contributed by atoms with van der Waals surface area (Å²) in [5, 5.41) is 0. The first kappa shape index (κ1) is 14.2. The summed E-state index contributed by atoms with van der Waals surface area (Å²) in [5.74, 6) is -1.21. The van der Waals surface area contributed by atoms with E-state index in [1.165, 1.54) is 0 Å². The number of halogens is 3. The van der Waals surface area contributed by atoms with Gasteiger partial charge < -0.3 is 10.6 Å². The van der Waals surface area contributed by atoms with Crippen molar-refractivity contribution in [1.29, 1.82) is 0 Å². The van der Waals surface area contributed by atoms with Crippen molar-refractivity contribution in [2.24, 2.45) is 11.7 Å². The molecule has 1 unspecified atom stereocenters. The molecule has 1 fully saturated rings. The predicted molar refractivity (Wildman–Crippen MR) is 70.1 cm³/mol. The van der Waals surface area contributed by atoms with E-state index in [-0.39, 0.29) is 13.0 Å². The van der Waals surface area contributed by atoms with Crippen LogP contribution in [0.3, 0.4) is 0 Å². The number of piperidine rings is 1. The summed E-state index contributed by atoms with van der Waals surface area (Å²) >= 11 is 0. The lowest BCUT2D eigenvalue weighted by molar-refractivity contribution is -0.176. The van der Waals surface area contributed by atoms with Crippen molar-refractivity contribution in [3.05, 3.63) is 29.3 Å². The number of anilines is 1. The highest BCUT2D eigenvalue weighted by Crippen LogP contribution is 2.35. The molecular formula is C14H19F3N2. The fourth-order valence-electron chi connectivity index (χ4n) is 2.66. The number of alkyl halides is 3. The van der Waals surface area contributed by atoms with E-state index >= 15 is 0 Å². The molecule has 106 valence electrons. The van der Waals surface area contributed by atoms with Crippen molar-refractivity contribution in [3.63, 3.8) is 0 Å². The first-order chi connectivity index (χ1) is 8.91. The molecule has 0 aliphatic carbocycles. The molecule has 5 heteroatoms. The Morgan fingerprint density at radius 3 is 2.68 bits per heavy atom. The van der Waals surface area contributed by atoms with Crippen molar-refractivity contribution in [3.8, 4) is 0 Å². The van der Waals surface area contributed by atoms with Crippen LogP contribution in [0.1, 0.15) is 24.0 Å². The van der Waals surface area contributed by atoms with Crippen molar-refractivity contribution in [2.75, 3.05) is 18.0 Å². The molecule has 2 nitrogen and oxygen atoms in total. The second-order valence-corrected chi connectivity index (χ2v) is 5.15. The van der Waals surface area contributed by atoms with E-state index in [2.05, 4.69) is 0 Å². The van der Waals surface area contributed by atoms with Gasteiger partial charge in [0.15, 0.2) is 0 Å². The molecule has 2 N–H and O–H groups in total. The molecule has 1 aromatic carbocycles. The fourth-order valence-corrected chi connectivity index (χ4v) is 2.66. The van der Waals surface area contributed by atoms with Crippen molar-refractivity contribution in [1.82, 2.24) is 0 Å². The quantitative estimate of drug-likeness (QED) is 0.895. The fraction of sp³-hybridized carbons (Fsp3) is 0.571. The van der Waals surface area contributed by atoms with Crippen LogP contribution in [0.4, 0.5) is 18.9 Å². The van der Waals surface area contributed by atoms with Crippen LogP contribution in [-0.4, -0.2) is 19.3 Å². The van der Waals surface area contributed by atoms with Gasteiger partial charge in [0.05, 0.1) is 5.92 Å². The van der Waals surface area contributed by atoms with Gasteiger partial charge in [-0.1, -0.05) is 12.1 Å². The molecule has 1 aliphatic rings. The van der Waals surface area contributed by atoms with E-state index in [1.54, 1.807) is 0 Å². The minimum atomic E-state index is -4.09. The van der Waals surface area contributed by atoms with Gasteiger partial charge in [-0.3, -0.25) is 0 Å². The highest BCUT2D eigenvalue weighted by atomic mass is 19.4. The molecule has 2 rings (SSSR count). The number of hydrogen-bond donors (Lipinski definition) is 1. The molecule has 1 heterocycles. The molecule has 0 bridgehead atoms. The topological polar surface area (TPSA) is 29.3 Å². The molecule has 0 spiro atoms. The molecule has 1 aliphatic heterocycles. The SMILES string of the molecule is Cc1cc(CN)ccc1N1CCCC(C(F)(F)F)C1. The van der Waals surface area contributed by atoms with E-state index in [0.29, 0.717) is 19.5 Å². The Bertz CT molecular complexity index is 443. The Kier molecular flexibility index (Phi) is 4.04. The van der Waals surface area contributed by atoms with Gasteiger partial charge in [0.25, 0.3) is 0 Å². The largest absolute Gasteiger partial charge is 0.393 e. The van der Waals surface area contributed by atoms with Gasteiger partial charge in [0.1, 0.15) is 0 Å². The first-order valence-electron chi connectivity index (χ1n) is 6.53. The third-order valence-electron chi connectivity index (χ3n) is 3.72. The standard InChI is InChI=1S/C14H19F3N2/c1-10-7-11(8-18)4-5-13(10)19-6-2-3-12(9-19)14(15,16)17/h4-5,7,12H,2-3,6,8-9,18H2,1H3. The van der Waals surface area contributed by atoms with Gasteiger partial charge in [-0.2, -0.15) is 13.2 Å². The maximum Gasteiger partial charge on any atom is 0.393 e. The molecular weight excluding hydrogens is 253 g/mol. The molecule has 1 aromatic rings. The van der Waals surface area contributed by atoms with E-state index in [4.69, 9.17) is 5.73 Å². The molecule has 0 saturated carbocycles. The van der Waals surface area contributed by atoms with Gasteiger partial charge in [0, 0.05) is 25.3 Å². The highest BCUT2D eigenvalue weighted by Gasteiger charge is 2.41. The highest BCUT2D eigenvalue weighted by molar-refractivity contribution is 5.54. The molecule has 19 heavy (non-hydrogen) atoms. The van der Waals surface area contributed by atoms with Crippen LogP contribution in [0.15, 0.2) is 18.2 Å². The van der Waals surface area contributed by atoms with Gasteiger partial charge in [-0.25, -0.2) is 0 Å². The Balaban J connectivity index is 2.17.